The van der Waals surface area contributed by atoms with Crippen molar-refractivity contribution in [3.8, 4) is 0 Å². The molecule has 3 aliphatic rings. The first-order valence-corrected chi connectivity index (χ1v) is 12.1. The zero-order chi connectivity index (χ0) is 20.5. The van der Waals surface area contributed by atoms with Gasteiger partial charge in [-0.2, -0.15) is 0 Å². The fourth-order valence-corrected chi connectivity index (χ4v) is 6.24. The van der Waals surface area contributed by atoms with E-state index in [1.807, 2.05) is 31.2 Å². The number of rotatable bonds is 5. The maximum Gasteiger partial charge on any atom is 0.226 e. The standard InChI is InChI=1S/C21H28N2O5S/c1-15-4-2-3-5-18(15)19-12-17(28-23-19)13-21(7-9-27-10-8-21)20(24)22-16-6-11-29(25,26)14-16/h2-5,16-17H,6-14H2,1H3,(H,22,24)/t16-,17-/m1/s1. The molecule has 0 aromatic heterocycles. The Bertz CT molecular complexity index is 905. The third-order valence-corrected chi connectivity index (χ3v) is 8.07. The third kappa shape index (κ3) is 4.48. The van der Waals surface area contributed by atoms with Gasteiger partial charge in [0, 0.05) is 37.7 Å². The number of carbonyl (C=O) groups is 1. The van der Waals surface area contributed by atoms with Gasteiger partial charge in [-0.1, -0.05) is 29.4 Å². The number of nitrogens with zero attached hydrogens (tertiary/aromatic N) is 1. The predicted molar refractivity (Wildman–Crippen MR) is 110 cm³/mol. The molecule has 7 nitrogen and oxygen atoms in total. The Labute approximate surface area is 171 Å². The van der Waals surface area contributed by atoms with Gasteiger partial charge in [0.05, 0.1) is 22.6 Å². The topological polar surface area (TPSA) is 94.1 Å². The molecule has 4 rings (SSSR count). The molecule has 158 valence electrons. The molecule has 3 heterocycles. The summed E-state index contributed by atoms with van der Waals surface area (Å²) in [6.07, 6.45) is 2.76. The lowest BCUT2D eigenvalue weighted by molar-refractivity contribution is -0.140. The van der Waals surface area contributed by atoms with Gasteiger partial charge in [0.15, 0.2) is 9.84 Å². The summed E-state index contributed by atoms with van der Waals surface area (Å²) in [6.45, 7) is 3.09. The predicted octanol–water partition coefficient (Wildman–Crippen LogP) is 1.98. The van der Waals surface area contributed by atoms with Crippen LogP contribution in [-0.4, -0.2) is 56.9 Å². The molecular formula is C21H28N2O5S. The van der Waals surface area contributed by atoms with Crippen LogP contribution in [0.5, 0.6) is 0 Å². The quantitative estimate of drug-likeness (QED) is 0.786. The minimum atomic E-state index is -3.04. The highest BCUT2D eigenvalue weighted by molar-refractivity contribution is 7.91. The van der Waals surface area contributed by atoms with Crippen LogP contribution in [0.25, 0.3) is 0 Å². The normalized spacial score (nSPS) is 27.8. The van der Waals surface area contributed by atoms with Gasteiger partial charge in [-0.05, 0) is 31.7 Å². The van der Waals surface area contributed by atoms with Crippen molar-refractivity contribution in [3.05, 3.63) is 35.4 Å². The Morgan fingerprint density at radius 1 is 1.28 bits per heavy atom. The number of sulfone groups is 1. The molecule has 2 fully saturated rings. The second-order valence-corrected chi connectivity index (χ2v) is 10.7. The van der Waals surface area contributed by atoms with Crippen molar-refractivity contribution >= 4 is 21.5 Å². The zero-order valence-electron chi connectivity index (χ0n) is 16.7. The first-order valence-electron chi connectivity index (χ1n) is 10.2. The van der Waals surface area contributed by atoms with Crippen LogP contribution in [0.3, 0.4) is 0 Å². The number of amides is 1. The molecule has 8 heteroatoms. The van der Waals surface area contributed by atoms with E-state index in [9.17, 15) is 13.2 Å². The summed E-state index contributed by atoms with van der Waals surface area (Å²) in [5.74, 6) is 0.106. The molecule has 2 saturated heterocycles. The molecule has 1 aromatic carbocycles. The van der Waals surface area contributed by atoms with Crippen LogP contribution in [-0.2, 0) is 24.2 Å². The summed E-state index contributed by atoms with van der Waals surface area (Å²) in [7, 11) is -3.04. The first kappa shape index (κ1) is 20.3. The summed E-state index contributed by atoms with van der Waals surface area (Å²) >= 11 is 0. The SMILES string of the molecule is Cc1ccccc1C1=NO[C@@H](CC2(C(=O)N[C@@H]3CCS(=O)(=O)C3)CCOCC2)C1. The van der Waals surface area contributed by atoms with Crippen LogP contribution >= 0.6 is 0 Å². The molecule has 0 unspecified atom stereocenters. The fraction of sp³-hybridized carbons (Fsp3) is 0.619. The van der Waals surface area contributed by atoms with Crippen LogP contribution in [0, 0.1) is 12.3 Å². The fourth-order valence-electron chi connectivity index (χ4n) is 4.56. The number of benzene rings is 1. The van der Waals surface area contributed by atoms with E-state index in [1.54, 1.807) is 0 Å². The molecule has 2 atom stereocenters. The van der Waals surface area contributed by atoms with Crippen LogP contribution in [0.15, 0.2) is 29.4 Å². The smallest absolute Gasteiger partial charge is 0.226 e. The largest absolute Gasteiger partial charge is 0.392 e. The van der Waals surface area contributed by atoms with Crippen molar-refractivity contribution in [1.29, 1.82) is 0 Å². The minimum Gasteiger partial charge on any atom is -0.392 e. The van der Waals surface area contributed by atoms with Gasteiger partial charge < -0.3 is 14.9 Å². The molecule has 1 N–H and O–H groups in total. The van der Waals surface area contributed by atoms with E-state index in [0.29, 0.717) is 45.3 Å². The van der Waals surface area contributed by atoms with Gasteiger partial charge in [-0.3, -0.25) is 4.79 Å². The number of carbonyl (C=O) groups excluding carboxylic acids is 1. The lowest BCUT2D eigenvalue weighted by Crippen LogP contribution is -2.50. The van der Waals surface area contributed by atoms with Gasteiger partial charge in [0.2, 0.25) is 5.91 Å². The van der Waals surface area contributed by atoms with Crippen LogP contribution in [0.2, 0.25) is 0 Å². The molecule has 0 bridgehead atoms. The van der Waals surface area contributed by atoms with Crippen LogP contribution in [0.1, 0.15) is 43.2 Å². The molecule has 0 saturated carbocycles. The molecule has 3 aliphatic heterocycles. The number of ether oxygens (including phenoxy) is 1. The molecule has 1 amide bonds. The number of hydrogen-bond donors (Lipinski definition) is 1. The number of nitrogens with one attached hydrogen (secondary N) is 1. The highest BCUT2D eigenvalue weighted by Crippen LogP contribution is 2.39. The van der Waals surface area contributed by atoms with Crippen LogP contribution in [0.4, 0.5) is 0 Å². The van der Waals surface area contributed by atoms with E-state index in [-0.39, 0.29) is 29.6 Å². The Balaban J connectivity index is 1.44. The van der Waals surface area contributed by atoms with Crippen molar-refractivity contribution in [2.24, 2.45) is 10.6 Å². The Hall–Kier alpha value is -1.93. The summed E-state index contributed by atoms with van der Waals surface area (Å²) in [5, 5.41) is 7.31. The average Bonchev–Trinajstić information content (AvgIpc) is 3.28. The lowest BCUT2D eigenvalue weighted by atomic mass is 9.74. The van der Waals surface area contributed by atoms with E-state index in [1.165, 1.54) is 0 Å². The molecule has 0 spiro atoms. The zero-order valence-corrected chi connectivity index (χ0v) is 17.5. The first-order chi connectivity index (χ1) is 13.9. The summed E-state index contributed by atoms with van der Waals surface area (Å²) < 4.78 is 29.0. The average molecular weight is 421 g/mol. The van der Waals surface area contributed by atoms with E-state index in [0.717, 1.165) is 16.8 Å². The Morgan fingerprint density at radius 3 is 2.72 bits per heavy atom. The van der Waals surface area contributed by atoms with E-state index in [2.05, 4.69) is 10.5 Å². The number of hydrogen-bond acceptors (Lipinski definition) is 6. The summed E-state index contributed by atoms with van der Waals surface area (Å²) in [5.41, 5.74) is 2.54. The summed E-state index contributed by atoms with van der Waals surface area (Å²) in [6, 6.07) is 7.78. The van der Waals surface area contributed by atoms with E-state index in [4.69, 9.17) is 9.57 Å². The third-order valence-electron chi connectivity index (χ3n) is 6.31. The molecule has 0 aliphatic carbocycles. The van der Waals surface area contributed by atoms with Gasteiger partial charge in [0.1, 0.15) is 6.10 Å². The van der Waals surface area contributed by atoms with Crippen LogP contribution < -0.4 is 5.32 Å². The van der Waals surface area contributed by atoms with E-state index >= 15 is 0 Å². The molecular weight excluding hydrogens is 392 g/mol. The highest BCUT2D eigenvalue weighted by atomic mass is 32.2. The minimum absolute atomic E-state index is 0.0335. The Kier molecular flexibility index (Phi) is 5.66. The molecule has 29 heavy (non-hydrogen) atoms. The van der Waals surface area contributed by atoms with Crippen molar-refractivity contribution in [2.45, 2.75) is 51.2 Å². The maximum atomic E-state index is 13.2. The second-order valence-electron chi connectivity index (χ2n) is 8.45. The second kappa shape index (κ2) is 8.07. The Morgan fingerprint density at radius 2 is 2.03 bits per heavy atom. The molecule has 1 aromatic rings. The monoisotopic (exact) mass is 420 g/mol. The van der Waals surface area contributed by atoms with Gasteiger partial charge in [-0.25, -0.2) is 8.42 Å². The highest BCUT2D eigenvalue weighted by Gasteiger charge is 2.45. The van der Waals surface area contributed by atoms with Crippen molar-refractivity contribution in [3.63, 3.8) is 0 Å². The number of aryl methyl sites for hydroxylation is 1. The van der Waals surface area contributed by atoms with E-state index < -0.39 is 15.3 Å². The van der Waals surface area contributed by atoms with Gasteiger partial charge in [0.25, 0.3) is 0 Å². The van der Waals surface area contributed by atoms with Crippen molar-refractivity contribution in [1.82, 2.24) is 5.32 Å². The van der Waals surface area contributed by atoms with Crippen molar-refractivity contribution in [2.75, 3.05) is 24.7 Å². The van der Waals surface area contributed by atoms with Gasteiger partial charge >= 0.3 is 0 Å². The molecule has 0 radical (unpaired) electrons. The van der Waals surface area contributed by atoms with Gasteiger partial charge in [-0.15, -0.1) is 0 Å². The maximum absolute atomic E-state index is 13.2. The number of oxime groups is 1. The lowest BCUT2D eigenvalue weighted by Gasteiger charge is -2.37. The van der Waals surface area contributed by atoms with Crippen molar-refractivity contribution < 1.29 is 22.8 Å². The summed E-state index contributed by atoms with van der Waals surface area (Å²) in [4.78, 5) is 19.0.